The second-order valence-corrected chi connectivity index (χ2v) is 5.37. The van der Waals surface area contributed by atoms with Crippen LogP contribution >= 0.6 is 0 Å². The highest BCUT2D eigenvalue weighted by Crippen LogP contribution is 2.24. The number of rotatable bonds is 5. The zero-order valence-corrected chi connectivity index (χ0v) is 12.5. The van der Waals surface area contributed by atoms with E-state index in [2.05, 4.69) is 16.9 Å². The third-order valence-corrected chi connectivity index (χ3v) is 3.82. The van der Waals surface area contributed by atoms with Gasteiger partial charge in [0.2, 0.25) is 0 Å². The van der Waals surface area contributed by atoms with Gasteiger partial charge in [-0.05, 0) is 19.3 Å². The van der Waals surface area contributed by atoms with Crippen LogP contribution in [-0.4, -0.2) is 9.55 Å². The minimum Gasteiger partial charge on any atom is -0.356 e. The standard InChI is InChI=1S/C18H19N3O/c1-2-11-21-17(15-9-4-3-5-10-15)20-13-16(18(21)22)19-12-14-7-6-8-14/h2-5,9-10,12-13,19H,1,6-8,11H2. The number of allylic oxidation sites excluding steroid dienone is 2. The highest BCUT2D eigenvalue weighted by molar-refractivity contribution is 5.57. The molecule has 0 atom stereocenters. The molecule has 4 nitrogen and oxygen atoms in total. The van der Waals surface area contributed by atoms with Crippen LogP contribution in [0.1, 0.15) is 19.3 Å². The van der Waals surface area contributed by atoms with Crippen molar-refractivity contribution in [3.8, 4) is 11.4 Å². The van der Waals surface area contributed by atoms with Crippen molar-refractivity contribution in [3.05, 3.63) is 71.3 Å². The zero-order valence-electron chi connectivity index (χ0n) is 12.5. The second-order valence-electron chi connectivity index (χ2n) is 5.37. The quantitative estimate of drug-likeness (QED) is 0.857. The van der Waals surface area contributed by atoms with Gasteiger partial charge >= 0.3 is 0 Å². The molecule has 1 aliphatic rings. The fourth-order valence-electron chi connectivity index (χ4n) is 2.41. The van der Waals surface area contributed by atoms with Gasteiger partial charge in [-0.3, -0.25) is 9.36 Å². The SMILES string of the molecule is C=CCn1c(-c2ccccc2)ncc(NC=C2CCC2)c1=O. The van der Waals surface area contributed by atoms with Gasteiger partial charge in [-0.1, -0.05) is 42.0 Å². The highest BCUT2D eigenvalue weighted by atomic mass is 16.1. The van der Waals surface area contributed by atoms with E-state index >= 15 is 0 Å². The first kappa shape index (κ1) is 14.3. The van der Waals surface area contributed by atoms with Gasteiger partial charge < -0.3 is 5.32 Å². The van der Waals surface area contributed by atoms with Crippen molar-refractivity contribution in [2.24, 2.45) is 0 Å². The summed E-state index contributed by atoms with van der Waals surface area (Å²) in [6.07, 6.45) is 8.72. The van der Waals surface area contributed by atoms with Crippen LogP contribution in [0.15, 0.2) is 65.8 Å². The Morgan fingerprint density at radius 3 is 2.68 bits per heavy atom. The third-order valence-electron chi connectivity index (χ3n) is 3.82. The van der Waals surface area contributed by atoms with Gasteiger partial charge in [0, 0.05) is 18.3 Å². The van der Waals surface area contributed by atoms with Gasteiger partial charge in [-0.2, -0.15) is 0 Å². The Morgan fingerprint density at radius 2 is 2.05 bits per heavy atom. The minimum absolute atomic E-state index is 0.0788. The Morgan fingerprint density at radius 1 is 1.27 bits per heavy atom. The summed E-state index contributed by atoms with van der Waals surface area (Å²) in [5.74, 6) is 0.660. The molecule has 1 fully saturated rings. The van der Waals surface area contributed by atoms with Gasteiger partial charge in [-0.25, -0.2) is 4.98 Å². The lowest BCUT2D eigenvalue weighted by atomic mass is 9.94. The molecule has 22 heavy (non-hydrogen) atoms. The van der Waals surface area contributed by atoms with E-state index in [1.807, 2.05) is 36.5 Å². The first-order valence-corrected chi connectivity index (χ1v) is 7.50. The van der Waals surface area contributed by atoms with Gasteiger partial charge in [0.15, 0.2) is 0 Å². The molecule has 0 spiro atoms. The lowest BCUT2D eigenvalue weighted by Crippen LogP contribution is -2.25. The molecule has 4 heteroatoms. The Balaban J connectivity index is 2.00. The second kappa shape index (κ2) is 6.43. The monoisotopic (exact) mass is 293 g/mol. The fraction of sp³-hybridized carbons (Fsp3) is 0.222. The number of nitrogens with zero attached hydrogens (tertiary/aromatic N) is 2. The summed E-state index contributed by atoms with van der Waals surface area (Å²) in [5, 5.41) is 3.10. The molecule has 1 aromatic carbocycles. The van der Waals surface area contributed by atoms with Crippen molar-refractivity contribution in [2.45, 2.75) is 25.8 Å². The van der Waals surface area contributed by atoms with Crippen molar-refractivity contribution in [1.29, 1.82) is 0 Å². The Bertz CT molecular complexity index is 754. The molecule has 1 aromatic heterocycles. The number of hydrogen-bond donors (Lipinski definition) is 1. The number of hydrogen-bond acceptors (Lipinski definition) is 3. The number of nitrogens with one attached hydrogen (secondary N) is 1. The molecule has 2 aromatic rings. The van der Waals surface area contributed by atoms with Crippen LogP contribution < -0.4 is 10.9 Å². The van der Waals surface area contributed by atoms with Crippen molar-refractivity contribution in [3.63, 3.8) is 0 Å². The fourth-order valence-corrected chi connectivity index (χ4v) is 2.41. The zero-order chi connectivity index (χ0) is 15.4. The molecule has 1 aliphatic carbocycles. The average Bonchev–Trinajstić information content (AvgIpc) is 2.50. The number of aromatic nitrogens is 2. The first-order chi connectivity index (χ1) is 10.8. The largest absolute Gasteiger partial charge is 0.356 e. The van der Waals surface area contributed by atoms with E-state index in [-0.39, 0.29) is 5.56 Å². The minimum atomic E-state index is -0.0788. The molecular formula is C18H19N3O. The van der Waals surface area contributed by atoms with Gasteiger partial charge in [-0.15, -0.1) is 6.58 Å². The molecule has 0 unspecified atom stereocenters. The molecule has 1 saturated carbocycles. The summed E-state index contributed by atoms with van der Waals surface area (Å²) in [7, 11) is 0. The van der Waals surface area contributed by atoms with Crippen LogP contribution in [0.2, 0.25) is 0 Å². The van der Waals surface area contributed by atoms with E-state index < -0.39 is 0 Å². The molecule has 1 heterocycles. The van der Waals surface area contributed by atoms with E-state index in [0.29, 0.717) is 18.1 Å². The van der Waals surface area contributed by atoms with E-state index in [1.165, 1.54) is 12.0 Å². The van der Waals surface area contributed by atoms with Crippen LogP contribution in [0.3, 0.4) is 0 Å². The van der Waals surface area contributed by atoms with Crippen LogP contribution in [0.4, 0.5) is 5.69 Å². The lowest BCUT2D eigenvalue weighted by Gasteiger charge is -2.17. The molecule has 3 rings (SSSR count). The van der Waals surface area contributed by atoms with Crippen LogP contribution in [-0.2, 0) is 6.54 Å². The first-order valence-electron chi connectivity index (χ1n) is 7.50. The molecule has 0 amide bonds. The van der Waals surface area contributed by atoms with Gasteiger partial charge in [0.1, 0.15) is 11.5 Å². The molecule has 1 N–H and O–H groups in total. The van der Waals surface area contributed by atoms with Crippen molar-refractivity contribution < 1.29 is 0 Å². The topological polar surface area (TPSA) is 46.9 Å². The normalized spacial score (nSPS) is 13.4. The lowest BCUT2D eigenvalue weighted by molar-refractivity contribution is 0.661. The maximum Gasteiger partial charge on any atom is 0.277 e. The van der Waals surface area contributed by atoms with E-state index in [0.717, 1.165) is 18.4 Å². The maximum atomic E-state index is 12.7. The van der Waals surface area contributed by atoms with Crippen LogP contribution in [0.25, 0.3) is 11.4 Å². The summed E-state index contributed by atoms with van der Waals surface area (Å²) in [6.45, 7) is 4.17. The molecule has 0 aliphatic heterocycles. The van der Waals surface area contributed by atoms with Gasteiger partial charge in [0.25, 0.3) is 5.56 Å². The summed E-state index contributed by atoms with van der Waals surface area (Å²) in [6, 6.07) is 9.72. The summed E-state index contributed by atoms with van der Waals surface area (Å²) < 4.78 is 1.64. The van der Waals surface area contributed by atoms with Crippen molar-refractivity contribution in [1.82, 2.24) is 9.55 Å². The molecule has 0 bridgehead atoms. The average molecular weight is 293 g/mol. The predicted octanol–water partition coefficient (Wildman–Crippen LogP) is 3.58. The molecule has 112 valence electrons. The summed E-state index contributed by atoms with van der Waals surface area (Å²) >= 11 is 0. The number of benzene rings is 1. The molecule has 0 saturated heterocycles. The van der Waals surface area contributed by atoms with Crippen molar-refractivity contribution in [2.75, 3.05) is 5.32 Å². The smallest absolute Gasteiger partial charge is 0.277 e. The van der Waals surface area contributed by atoms with E-state index in [4.69, 9.17) is 0 Å². The Kier molecular flexibility index (Phi) is 4.19. The van der Waals surface area contributed by atoms with Crippen LogP contribution in [0.5, 0.6) is 0 Å². The predicted molar refractivity (Wildman–Crippen MR) is 89.7 cm³/mol. The van der Waals surface area contributed by atoms with Crippen molar-refractivity contribution >= 4 is 5.69 Å². The Hall–Kier alpha value is -2.62. The molecular weight excluding hydrogens is 274 g/mol. The highest BCUT2D eigenvalue weighted by Gasteiger charge is 2.12. The molecule has 0 radical (unpaired) electrons. The van der Waals surface area contributed by atoms with E-state index in [1.54, 1.807) is 16.8 Å². The van der Waals surface area contributed by atoms with Gasteiger partial charge in [0.05, 0.1) is 6.20 Å². The van der Waals surface area contributed by atoms with Crippen LogP contribution in [0, 0.1) is 0 Å². The third kappa shape index (κ3) is 2.86. The van der Waals surface area contributed by atoms with E-state index in [9.17, 15) is 4.79 Å². The number of anilines is 1. The summed E-state index contributed by atoms with van der Waals surface area (Å²) in [5.41, 5.74) is 2.69. The Labute approximate surface area is 129 Å². The maximum absolute atomic E-state index is 12.7. The summed E-state index contributed by atoms with van der Waals surface area (Å²) in [4.78, 5) is 17.1.